The molecule has 1 aromatic carbocycles. The van der Waals surface area contributed by atoms with Crippen LogP contribution in [0.25, 0.3) is 0 Å². The fourth-order valence-electron chi connectivity index (χ4n) is 2.21. The van der Waals surface area contributed by atoms with Crippen LogP contribution in [-0.2, 0) is 12.6 Å². The highest BCUT2D eigenvalue weighted by Crippen LogP contribution is 2.34. The van der Waals surface area contributed by atoms with E-state index in [0.717, 1.165) is 12.1 Å². The molecule has 120 valence electrons. The van der Waals surface area contributed by atoms with Gasteiger partial charge in [-0.2, -0.15) is 13.2 Å². The number of ether oxygens (including phenoxy) is 1. The van der Waals surface area contributed by atoms with Crippen LogP contribution in [0.5, 0.6) is 5.75 Å². The second kappa shape index (κ2) is 7.66. The maximum absolute atomic E-state index is 12.8. The first-order chi connectivity index (χ1) is 9.83. The Morgan fingerprint density at radius 3 is 2.48 bits per heavy atom. The maximum atomic E-state index is 12.8. The Hall–Kier alpha value is -1.27. The molecule has 1 aromatic rings. The highest BCUT2D eigenvalue weighted by molar-refractivity contribution is 5.38. The SMILES string of the molecule is CCOc1ccc(C(F)(F)F)cc1CC(C)C(CN)CO. The molecule has 0 fully saturated rings. The van der Waals surface area contributed by atoms with Crippen LogP contribution in [-0.4, -0.2) is 24.9 Å². The minimum absolute atomic E-state index is 0.0392. The highest BCUT2D eigenvalue weighted by Gasteiger charge is 2.31. The molecule has 6 heteroatoms. The van der Waals surface area contributed by atoms with Gasteiger partial charge in [0.15, 0.2) is 0 Å². The number of nitrogens with two attached hydrogens (primary N) is 1. The van der Waals surface area contributed by atoms with Crippen molar-refractivity contribution >= 4 is 0 Å². The molecular formula is C15H22F3NO2. The third-order valence-corrected chi connectivity index (χ3v) is 3.57. The van der Waals surface area contributed by atoms with Gasteiger partial charge in [0.1, 0.15) is 5.75 Å². The molecule has 0 aliphatic carbocycles. The zero-order valence-electron chi connectivity index (χ0n) is 12.3. The third-order valence-electron chi connectivity index (χ3n) is 3.57. The minimum atomic E-state index is -4.38. The quantitative estimate of drug-likeness (QED) is 0.814. The lowest BCUT2D eigenvalue weighted by Crippen LogP contribution is -2.26. The summed E-state index contributed by atoms with van der Waals surface area (Å²) >= 11 is 0. The van der Waals surface area contributed by atoms with Crippen LogP contribution in [0.3, 0.4) is 0 Å². The van der Waals surface area contributed by atoms with E-state index in [1.807, 2.05) is 6.92 Å². The summed E-state index contributed by atoms with van der Waals surface area (Å²) in [5.74, 6) is 0.266. The van der Waals surface area contributed by atoms with Crippen LogP contribution < -0.4 is 10.5 Å². The van der Waals surface area contributed by atoms with Crippen molar-refractivity contribution in [3.05, 3.63) is 29.3 Å². The number of hydrogen-bond acceptors (Lipinski definition) is 3. The van der Waals surface area contributed by atoms with Gasteiger partial charge in [0.25, 0.3) is 0 Å². The Morgan fingerprint density at radius 1 is 1.33 bits per heavy atom. The second-order valence-electron chi connectivity index (χ2n) is 5.11. The van der Waals surface area contributed by atoms with Crippen LogP contribution in [0.15, 0.2) is 18.2 Å². The maximum Gasteiger partial charge on any atom is 0.416 e. The summed E-state index contributed by atoms with van der Waals surface area (Å²) in [5.41, 5.74) is 5.36. The van der Waals surface area contributed by atoms with Crippen molar-refractivity contribution < 1.29 is 23.0 Å². The minimum Gasteiger partial charge on any atom is -0.494 e. The van der Waals surface area contributed by atoms with Gasteiger partial charge in [0.2, 0.25) is 0 Å². The Bertz CT molecular complexity index is 445. The largest absolute Gasteiger partial charge is 0.494 e. The number of rotatable bonds is 7. The molecule has 0 bridgehead atoms. The van der Waals surface area contributed by atoms with Gasteiger partial charge in [-0.3, -0.25) is 0 Å². The number of aliphatic hydroxyl groups excluding tert-OH is 1. The van der Waals surface area contributed by atoms with Gasteiger partial charge >= 0.3 is 6.18 Å². The van der Waals surface area contributed by atoms with Crippen LogP contribution in [0, 0.1) is 11.8 Å². The highest BCUT2D eigenvalue weighted by atomic mass is 19.4. The van der Waals surface area contributed by atoms with Crippen molar-refractivity contribution in [2.75, 3.05) is 19.8 Å². The molecule has 2 unspecified atom stereocenters. The van der Waals surface area contributed by atoms with Crippen LogP contribution in [0.2, 0.25) is 0 Å². The van der Waals surface area contributed by atoms with Gasteiger partial charge in [0.05, 0.1) is 12.2 Å². The molecule has 0 saturated heterocycles. The summed E-state index contributed by atoms with van der Waals surface area (Å²) in [6, 6.07) is 3.49. The van der Waals surface area contributed by atoms with E-state index in [0.29, 0.717) is 30.9 Å². The van der Waals surface area contributed by atoms with Crippen molar-refractivity contribution in [1.29, 1.82) is 0 Å². The Balaban J connectivity index is 3.06. The molecule has 3 N–H and O–H groups in total. The average Bonchev–Trinajstić information content (AvgIpc) is 2.41. The van der Waals surface area contributed by atoms with Gasteiger partial charge in [-0.15, -0.1) is 0 Å². The normalized spacial score (nSPS) is 14.8. The molecule has 21 heavy (non-hydrogen) atoms. The van der Waals surface area contributed by atoms with E-state index in [1.54, 1.807) is 6.92 Å². The summed E-state index contributed by atoms with van der Waals surface area (Å²) in [6.07, 6.45) is -4.01. The zero-order valence-corrected chi connectivity index (χ0v) is 12.3. The van der Waals surface area contributed by atoms with Crippen LogP contribution >= 0.6 is 0 Å². The molecule has 0 aromatic heterocycles. The summed E-state index contributed by atoms with van der Waals surface area (Å²) in [5, 5.41) is 9.24. The molecule has 3 nitrogen and oxygen atoms in total. The van der Waals surface area contributed by atoms with Crippen molar-refractivity contribution in [3.8, 4) is 5.75 Å². The van der Waals surface area contributed by atoms with E-state index in [4.69, 9.17) is 10.5 Å². The summed E-state index contributed by atoms with van der Waals surface area (Å²) in [4.78, 5) is 0. The lowest BCUT2D eigenvalue weighted by atomic mass is 9.88. The number of alkyl halides is 3. The van der Waals surface area contributed by atoms with E-state index in [-0.39, 0.29) is 18.4 Å². The molecule has 0 heterocycles. The van der Waals surface area contributed by atoms with Gasteiger partial charge < -0.3 is 15.6 Å². The molecule has 0 saturated carbocycles. The molecule has 0 spiro atoms. The monoisotopic (exact) mass is 305 g/mol. The standard InChI is InChI=1S/C15H22F3NO2/c1-3-21-14-5-4-13(15(16,17)18)7-11(14)6-10(2)12(8-19)9-20/h4-5,7,10,12,20H,3,6,8-9,19H2,1-2H3. The van der Waals surface area contributed by atoms with E-state index < -0.39 is 11.7 Å². The van der Waals surface area contributed by atoms with Crippen molar-refractivity contribution in [2.45, 2.75) is 26.4 Å². The Labute approximate surface area is 122 Å². The third kappa shape index (κ3) is 4.89. The number of aliphatic hydroxyl groups is 1. The van der Waals surface area contributed by atoms with Gasteiger partial charge in [-0.25, -0.2) is 0 Å². The van der Waals surface area contributed by atoms with Crippen molar-refractivity contribution in [3.63, 3.8) is 0 Å². The fourth-order valence-corrected chi connectivity index (χ4v) is 2.21. The lowest BCUT2D eigenvalue weighted by Gasteiger charge is -2.22. The smallest absolute Gasteiger partial charge is 0.416 e. The van der Waals surface area contributed by atoms with Gasteiger partial charge in [0, 0.05) is 6.61 Å². The Kier molecular flexibility index (Phi) is 6.48. The first kappa shape index (κ1) is 17.8. The molecule has 0 aliphatic rings. The molecule has 1 rings (SSSR count). The summed E-state index contributed by atoms with van der Waals surface area (Å²) < 4.78 is 43.8. The van der Waals surface area contributed by atoms with Crippen LogP contribution in [0.4, 0.5) is 13.2 Å². The molecule has 0 aliphatic heterocycles. The summed E-state index contributed by atoms with van der Waals surface area (Å²) in [6.45, 7) is 4.24. The predicted octanol–water partition coefficient (Wildman–Crippen LogP) is 2.85. The average molecular weight is 305 g/mol. The van der Waals surface area contributed by atoms with Crippen LogP contribution in [0.1, 0.15) is 25.0 Å². The molecule has 0 amide bonds. The predicted molar refractivity (Wildman–Crippen MR) is 75.1 cm³/mol. The number of hydrogen-bond donors (Lipinski definition) is 2. The Morgan fingerprint density at radius 2 is 2.00 bits per heavy atom. The van der Waals surface area contributed by atoms with Crippen molar-refractivity contribution in [1.82, 2.24) is 0 Å². The number of halogens is 3. The topological polar surface area (TPSA) is 55.5 Å². The molecule has 2 atom stereocenters. The second-order valence-corrected chi connectivity index (χ2v) is 5.11. The van der Waals surface area contributed by atoms with Gasteiger partial charge in [-0.05, 0) is 55.5 Å². The van der Waals surface area contributed by atoms with Crippen molar-refractivity contribution in [2.24, 2.45) is 17.6 Å². The van der Waals surface area contributed by atoms with E-state index >= 15 is 0 Å². The van der Waals surface area contributed by atoms with E-state index in [9.17, 15) is 18.3 Å². The zero-order chi connectivity index (χ0) is 16.0. The molecular weight excluding hydrogens is 283 g/mol. The summed E-state index contributed by atoms with van der Waals surface area (Å²) in [7, 11) is 0. The first-order valence-electron chi connectivity index (χ1n) is 6.97. The van der Waals surface area contributed by atoms with E-state index in [2.05, 4.69) is 0 Å². The first-order valence-corrected chi connectivity index (χ1v) is 6.97. The van der Waals surface area contributed by atoms with Gasteiger partial charge in [-0.1, -0.05) is 6.92 Å². The number of benzene rings is 1. The lowest BCUT2D eigenvalue weighted by molar-refractivity contribution is -0.137. The fraction of sp³-hybridized carbons (Fsp3) is 0.600. The van der Waals surface area contributed by atoms with E-state index in [1.165, 1.54) is 6.07 Å². The molecule has 0 radical (unpaired) electrons.